The molecule has 0 bridgehead atoms. The number of carbonyl (C=O) groups excluding carboxylic acids is 2. The highest BCUT2D eigenvalue weighted by atomic mass is 35.5. The topological polar surface area (TPSA) is 62.6 Å². The molecule has 0 heterocycles. The van der Waals surface area contributed by atoms with Crippen LogP contribution in [0.2, 0.25) is 10.0 Å². The van der Waals surface area contributed by atoms with Crippen molar-refractivity contribution in [1.82, 2.24) is 5.32 Å². The molecule has 2 aromatic carbocycles. The van der Waals surface area contributed by atoms with Crippen molar-refractivity contribution in [1.29, 1.82) is 0 Å². The second-order valence-electron chi connectivity index (χ2n) is 5.75. The SMILES string of the molecule is CNC(=O)c1ccc(NC(=O)C[NH+](C)Cc2ccc(Cl)cc2Cl)cc1. The Labute approximate surface area is 156 Å². The Morgan fingerprint density at radius 2 is 1.76 bits per heavy atom. The van der Waals surface area contributed by atoms with Gasteiger partial charge in [-0.2, -0.15) is 0 Å². The molecule has 2 rings (SSSR count). The van der Waals surface area contributed by atoms with Crippen LogP contribution in [0.15, 0.2) is 42.5 Å². The molecule has 2 amide bonds. The van der Waals surface area contributed by atoms with Gasteiger partial charge in [0.2, 0.25) is 0 Å². The maximum atomic E-state index is 12.2. The Bertz CT molecular complexity index is 763. The minimum atomic E-state index is -0.165. The molecule has 0 aliphatic rings. The third kappa shape index (κ3) is 5.74. The van der Waals surface area contributed by atoms with Gasteiger partial charge in [0, 0.05) is 28.9 Å². The lowest BCUT2D eigenvalue weighted by Gasteiger charge is -2.15. The molecule has 2 aromatic rings. The fourth-order valence-electron chi connectivity index (χ4n) is 2.38. The Morgan fingerprint density at radius 3 is 2.36 bits per heavy atom. The summed E-state index contributed by atoms with van der Waals surface area (Å²) >= 11 is 12.0. The minimum absolute atomic E-state index is 0.115. The lowest BCUT2D eigenvalue weighted by Crippen LogP contribution is -3.08. The Balaban J connectivity index is 1.89. The predicted molar refractivity (Wildman–Crippen MR) is 100 cm³/mol. The normalized spacial score (nSPS) is 11.7. The van der Waals surface area contributed by atoms with E-state index in [1.807, 2.05) is 13.1 Å². The molecule has 1 atom stereocenters. The Kier molecular flexibility index (Phi) is 6.82. The first-order valence-electron chi connectivity index (χ1n) is 7.76. The van der Waals surface area contributed by atoms with Gasteiger partial charge in [-0.15, -0.1) is 0 Å². The number of nitrogens with one attached hydrogen (secondary N) is 3. The van der Waals surface area contributed by atoms with E-state index in [1.165, 1.54) is 0 Å². The molecule has 0 fully saturated rings. The third-order valence-electron chi connectivity index (χ3n) is 3.63. The standard InChI is InChI=1S/C18H19Cl2N3O2/c1-21-18(25)12-4-7-15(8-5-12)22-17(24)11-23(2)10-13-3-6-14(19)9-16(13)20/h3-9H,10-11H2,1-2H3,(H,21,25)(H,22,24)/p+1. The fraction of sp³-hybridized carbons (Fsp3) is 0.222. The number of amides is 2. The van der Waals surface area contributed by atoms with Gasteiger partial charge >= 0.3 is 0 Å². The van der Waals surface area contributed by atoms with E-state index in [4.69, 9.17) is 23.2 Å². The van der Waals surface area contributed by atoms with Gasteiger partial charge in [-0.05, 0) is 36.4 Å². The predicted octanol–water partition coefficient (Wildman–Crippen LogP) is 2.01. The second-order valence-corrected chi connectivity index (χ2v) is 6.59. The minimum Gasteiger partial charge on any atom is -0.355 e. The van der Waals surface area contributed by atoms with Crippen molar-refractivity contribution in [2.45, 2.75) is 6.54 Å². The fourth-order valence-corrected chi connectivity index (χ4v) is 2.86. The summed E-state index contributed by atoms with van der Waals surface area (Å²) in [5.41, 5.74) is 2.13. The molecule has 132 valence electrons. The molecule has 0 saturated heterocycles. The van der Waals surface area contributed by atoms with E-state index in [1.54, 1.807) is 43.4 Å². The summed E-state index contributed by atoms with van der Waals surface area (Å²) < 4.78 is 0. The maximum absolute atomic E-state index is 12.2. The van der Waals surface area contributed by atoms with Gasteiger partial charge in [0.05, 0.1) is 12.1 Å². The van der Waals surface area contributed by atoms with E-state index >= 15 is 0 Å². The van der Waals surface area contributed by atoms with Crippen LogP contribution in [-0.4, -0.2) is 32.5 Å². The summed E-state index contributed by atoms with van der Waals surface area (Å²) in [5, 5.41) is 6.55. The molecular formula is C18H20Cl2N3O2+. The number of halogens is 2. The quantitative estimate of drug-likeness (QED) is 0.717. The summed E-state index contributed by atoms with van der Waals surface area (Å²) in [6, 6.07) is 12.1. The molecule has 0 spiro atoms. The van der Waals surface area contributed by atoms with Crippen LogP contribution in [0.5, 0.6) is 0 Å². The van der Waals surface area contributed by atoms with Gasteiger partial charge in [-0.25, -0.2) is 0 Å². The third-order valence-corrected chi connectivity index (χ3v) is 4.21. The summed E-state index contributed by atoms with van der Waals surface area (Å²) in [5.74, 6) is -0.280. The van der Waals surface area contributed by atoms with Crippen molar-refractivity contribution in [2.24, 2.45) is 0 Å². The smallest absolute Gasteiger partial charge is 0.279 e. The molecule has 0 saturated carbocycles. The van der Waals surface area contributed by atoms with Gasteiger partial charge in [-0.3, -0.25) is 9.59 Å². The number of anilines is 1. The molecule has 0 aliphatic carbocycles. The molecule has 1 unspecified atom stereocenters. The molecule has 3 N–H and O–H groups in total. The summed E-state index contributed by atoms with van der Waals surface area (Å²) in [6.45, 7) is 0.898. The molecule has 5 nitrogen and oxygen atoms in total. The van der Waals surface area contributed by atoms with Crippen LogP contribution >= 0.6 is 23.2 Å². The molecule has 25 heavy (non-hydrogen) atoms. The van der Waals surface area contributed by atoms with Crippen molar-refractivity contribution in [2.75, 3.05) is 26.0 Å². The highest BCUT2D eigenvalue weighted by Gasteiger charge is 2.13. The van der Waals surface area contributed by atoms with E-state index < -0.39 is 0 Å². The van der Waals surface area contributed by atoms with E-state index in [9.17, 15) is 9.59 Å². The van der Waals surface area contributed by atoms with Crippen molar-refractivity contribution in [3.8, 4) is 0 Å². The zero-order chi connectivity index (χ0) is 18.4. The number of quaternary nitrogens is 1. The van der Waals surface area contributed by atoms with Crippen LogP contribution in [0.1, 0.15) is 15.9 Å². The first-order chi connectivity index (χ1) is 11.9. The Hall–Kier alpha value is -2.08. The lowest BCUT2D eigenvalue weighted by atomic mass is 10.2. The molecule has 7 heteroatoms. The molecule has 0 radical (unpaired) electrons. The number of likely N-dealkylation sites (N-methyl/N-ethyl adjacent to an activating group) is 1. The van der Waals surface area contributed by atoms with Crippen LogP contribution in [0.4, 0.5) is 5.69 Å². The van der Waals surface area contributed by atoms with Gasteiger partial charge in [0.25, 0.3) is 11.8 Å². The summed E-state index contributed by atoms with van der Waals surface area (Å²) in [6.07, 6.45) is 0. The Morgan fingerprint density at radius 1 is 1.08 bits per heavy atom. The van der Waals surface area contributed by atoms with Crippen LogP contribution in [-0.2, 0) is 11.3 Å². The lowest BCUT2D eigenvalue weighted by molar-refractivity contribution is -0.885. The first-order valence-corrected chi connectivity index (χ1v) is 8.52. The second kappa shape index (κ2) is 8.85. The number of carbonyl (C=O) groups is 2. The summed E-state index contributed by atoms with van der Waals surface area (Å²) in [7, 11) is 3.49. The van der Waals surface area contributed by atoms with Gasteiger partial charge in [0.15, 0.2) is 6.54 Å². The van der Waals surface area contributed by atoms with E-state index in [2.05, 4.69) is 10.6 Å². The van der Waals surface area contributed by atoms with Gasteiger partial charge in [-0.1, -0.05) is 29.3 Å². The zero-order valence-corrected chi connectivity index (χ0v) is 15.5. The molecule has 0 aliphatic heterocycles. The number of benzene rings is 2. The average molecular weight is 381 g/mol. The zero-order valence-electron chi connectivity index (χ0n) is 14.0. The average Bonchev–Trinajstić information content (AvgIpc) is 2.57. The summed E-state index contributed by atoms with van der Waals surface area (Å²) in [4.78, 5) is 24.6. The molecular weight excluding hydrogens is 361 g/mol. The van der Waals surface area contributed by atoms with Gasteiger partial charge < -0.3 is 15.5 Å². The van der Waals surface area contributed by atoms with Crippen molar-refractivity contribution < 1.29 is 14.5 Å². The number of rotatable bonds is 6. The van der Waals surface area contributed by atoms with E-state index in [0.29, 0.717) is 27.8 Å². The first kappa shape index (κ1) is 19.2. The highest BCUT2D eigenvalue weighted by molar-refractivity contribution is 6.35. The maximum Gasteiger partial charge on any atom is 0.279 e. The van der Waals surface area contributed by atoms with Gasteiger partial charge in [0.1, 0.15) is 6.54 Å². The van der Waals surface area contributed by atoms with Crippen LogP contribution in [0, 0.1) is 0 Å². The van der Waals surface area contributed by atoms with Crippen LogP contribution in [0.25, 0.3) is 0 Å². The monoisotopic (exact) mass is 380 g/mol. The van der Waals surface area contributed by atoms with Crippen LogP contribution in [0.3, 0.4) is 0 Å². The van der Waals surface area contributed by atoms with Crippen molar-refractivity contribution in [3.05, 3.63) is 63.6 Å². The van der Waals surface area contributed by atoms with Crippen molar-refractivity contribution >= 4 is 40.7 Å². The number of hydrogen-bond donors (Lipinski definition) is 3. The van der Waals surface area contributed by atoms with Crippen molar-refractivity contribution in [3.63, 3.8) is 0 Å². The van der Waals surface area contributed by atoms with E-state index in [0.717, 1.165) is 10.5 Å². The van der Waals surface area contributed by atoms with Crippen LogP contribution < -0.4 is 15.5 Å². The number of hydrogen-bond acceptors (Lipinski definition) is 2. The largest absolute Gasteiger partial charge is 0.355 e. The molecule has 0 aromatic heterocycles. The highest BCUT2D eigenvalue weighted by Crippen LogP contribution is 2.20. The van der Waals surface area contributed by atoms with E-state index in [-0.39, 0.29) is 18.4 Å².